The summed E-state index contributed by atoms with van der Waals surface area (Å²) in [5.41, 5.74) is 9.50. The van der Waals surface area contributed by atoms with Crippen molar-refractivity contribution in [3.05, 3.63) is 124 Å². The molecule has 39 heavy (non-hydrogen) atoms. The number of hydrogen-bond acceptors (Lipinski definition) is 4. The largest absolute Gasteiger partial charge is 0.460 e. The molecule has 1 aliphatic carbocycles. The Kier molecular flexibility index (Phi) is 6.16. The van der Waals surface area contributed by atoms with Crippen LogP contribution in [0.3, 0.4) is 0 Å². The molecule has 2 amide bonds. The highest BCUT2D eigenvalue weighted by molar-refractivity contribution is 6.34. The molecular weight excluding hydrogens is 517 g/mol. The summed E-state index contributed by atoms with van der Waals surface area (Å²) < 4.78 is 19.3. The summed E-state index contributed by atoms with van der Waals surface area (Å²) >= 11 is 6.45. The molecule has 0 spiro atoms. The van der Waals surface area contributed by atoms with Crippen molar-refractivity contribution in [1.29, 1.82) is 0 Å². The number of primary amides is 1. The molecule has 3 aromatic carbocycles. The maximum atomic E-state index is 13.3. The van der Waals surface area contributed by atoms with Gasteiger partial charge in [-0.25, -0.2) is 4.39 Å². The highest BCUT2D eigenvalue weighted by Gasteiger charge is 2.47. The van der Waals surface area contributed by atoms with Gasteiger partial charge in [-0.1, -0.05) is 41.9 Å². The Labute approximate surface area is 228 Å². The fourth-order valence-corrected chi connectivity index (χ4v) is 5.09. The van der Waals surface area contributed by atoms with Gasteiger partial charge < -0.3 is 15.5 Å². The molecule has 5 aromatic rings. The zero-order valence-corrected chi connectivity index (χ0v) is 21.5. The van der Waals surface area contributed by atoms with Gasteiger partial charge in [-0.15, -0.1) is 0 Å². The van der Waals surface area contributed by atoms with Crippen molar-refractivity contribution < 1.29 is 18.4 Å². The first-order chi connectivity index (χ1) is 18.8. The minimum atomic E-state index is -0.622. The van der Waals surface area contributed by atoms with Crippen LogP contribution in [0.5, 0.6) is 0 Å². The molecule has 2 aromatic heterocycles. The van der Waals surface area contributed by atoms with E-state index < -0.39 is 11.4 Å². The standard InChI is InChI=1S/C31H23ClFN3O3/c32-24-10-6-19(16-22(24)30(38)36-31(12-13-31)27-3-1-2-14-35-27)20-7-11-25-23(17-20)28(29(34)37)26(39-25)15-18-4-8-21(33)9-5-18/h1-11,14,16-17H,12-13,15H2,(H2,34,37)(H,36,38). The molecule has 6 nitrogen and oxygen atoms in total. The summed E-state index contributed by atoms with van der Waals surface area (Å²) in [5, 5.41) is 4.01. The topological polar surface area (TPSA) is 98.2 Å². The van der Waals surface area contributed by atoms with Crippen LogP contribution < -0.4 is 11.1 Å². The molecule has 1 aliphatic rings. The number of aromatic nitrogens is 1. The first-order valence-corrected chi connectivity index (χ1v) is 12.8. The molecule has 1 saturated carbocycles. The van der Waals surface area contributed by atoms with Crippen molar-refractivity contribution in [3.63, 3.8) is 0 Å². The Morgan fingerprint density at radius 1 is 1.00 bits per heavy atom. The second-order valence-electron chi connectivity index (χ2n) is 9.72. The van der Waals surface area contributed by atoms with E-state index in [2.05, 4.69) is 10.3 Å². The predicted octanol–water partition coefficient (Wildman–Crippen LogP) is 6.40. The lowest BCUT2D eigenvalue weighted by Gasteiger charge is -2.18. The smallest absolute Gasteiger partial charge is 0.253 e. The van der Waals surface area contributed by atoms with Crippen molar-refractivity contribution in [2.45, 2.75) is 24.8 Å². The lowest BCUT2D eigenvalue weighted by molar-refractivity contribution is 0.0929. The molecule has 0 unspecified atom stereocenters. The molecule has 0 aliphatic heterocycles. The predicted molar refractivity (Wildman–Crippen MR) is 147 cm³/mol. The van der Waals surface area contributed by atoms with Gasteiger partial charge in [-0.3, -0.25) is 14.6 Å². The normalized spacial score (nSPS) is 13.8. The number of pyridine rings is 1. The minimum Gasteiger partial charge on any atom is -0.460 e. The third-order valence-electron chi connectivity index (χ3n) is 7.09. The Balaban J connectivity index is 1.33. The van der Waals surface area contributed by atoms with Gasteiger partial charge in [-0.2, -0.15) is 0 Å². The van der Waals surface area contributed by atoms with Crippen LogP contribution in [0.2, 0.25) is 5.02 Å². The van der Waals surface area contributed by atoms with E-state index in [-0.39, 0.29) is 23.7 Å². The molecule has 0 bridgehead atoms. The first kappa shape index (κ1) is 24.8. The zero-order chi connectivity index (χ0) is 27.1. The van der Waals surface area contributed by atoms with E-state index in [1.54, 1.807) is 36.5 Å². The average molecular weight is 540 g/mol. The Morgan fingerprint density at radius 3 is 2.44 bits per heavy atom. The molecule has 1 fully saturated rings. The van der Waals surface area contributed by atoms with E-state index in [0.717, 1.165) is 35.2 Å². The zero-order valence-electron chi connectivity index (χ0n) is 20.7. The highest BCUT2D eigenvalue weighted by Crippen LogP contribution is 2.45. The quantitative estimate of drug-likeness (QED) is 0.250. The average Bonchev–Trinajstić information content (AvgIpc) is 3.62. The van der Waals surface area contributed by atoms with E-state index in [4.69, 9.17) is 21.8 Å². The van der Waals surface area contributed by atoms with E-state index in [1.165, 1.54) is 12.1 Å². The van der Waals surface area contributed by atoms with Gasteiger partial charge >= 0.3 is 0 Å². The number of halogens is 2. The third-order valence-corrected chi connectivity index (χ3v) is 7.42. The number of rotatable bonds is 7. The van der Waals surface area contributed by atoms with Crippen molar-refractivity contribution in [1.82, 2.24) is 10.3 Å². The van der Waals surface area contributed by atoms with Crippen LogP contribution in [-0.2, 0) is 12.0 Å². The maximum absolute atomic E-state index is 13.3. The number of amides is 2. The van der Waals surface area contributed by atoms with Gasteiger partial charge in [-0.05, 0) is 78.1 Å². The number of nitrogens with one attached hydrogen (secondary N) is 1. The van der Waals surface area contributed by atoms with Crippen LogP contribution in [0.1, 0.15) is 50.6 Å². The fraction of sp³-hybridized carbons (Fsp3) is 0.129. The van der Waals surface area contributed by atoms with Crippen LogP contribution in [0.15, 0.2) is 89.5 Å². The number of hydrogen-bond donors (Lipinski definition) is 2. The van der Waals surface area contributed by atoms with Gasteiger partial charge in [0.05, 0.1) is 27.4 Å². The molecule has 2 heterocycles. The molecular formula is C31H23ClFN3O3. The van der Waals surface area contributed by atoms with Crippen LogP contribution >= 0.6 is 11.6 Å². The van der Waals surface area contributed by atoms with Crippen LogP contribution in [-0.4, -0.2) is 16.8 Å². The summed E-state index contributed by atoms with van der Waals surface area (Å²) in [7, 11) is 0. The number of furan rings is 1. The Morgan fingerprint density at radius 2 is 1.74 bits per heavy atom. The van der Waals surface area contributed by atoms with Crippen molar-refractivity contribution in [2.75, 3.05) is 0 Å². The number of benzene rings is 3. The van der Waals surface area contributed by atoms with E-state index in [0.29, 0.717) is 27.3 Å². The SMILES string of the molecule is NC(=O)c1c(Cc2ccc(F)cc2)oc2ccc(-c3ccc(Cl)c(C(=O)NC4(c5ccccn5)CC4)c3)cc12. The maximum Gasteiger partial charge on any atom is 0.253 e. The van der Waals surface area contributed by atoms with Gasteiger partial charge in [0.25, 0.3) is 11.8 Å². The van der Waals surface area contributed by atoms with Gasteiger partial charge in [0.1, 0.15) is 17.2 Å². The second-order valence-corrected chi connectivity index (χ2v) is 10.1. The minimum absolute atomic E-state index is 0.272. The fourth-order valence-electron chi connectivity index (χ4n) is 4.89. The number of carbonyl (C=O) groups is 2. The third kappa shape index (κ3) is 4.77. The van der Waals surface area contributed by atoms with Gasteiger partial charge in [0.15, 0.2) is 0 Å². The van der Waals surface area contributed by atoms with E-state index >= 15 is 0 Å². The monoisotopic (exact) mass is 539 g/mol. The molecule has 194 valence electrons. The van der Waals surface area contributed by atoms with Crippen LogP contribution in [0, 0.1) is 5.82 Å². The van der Waals surface area contributed by atoms with Crippen LogP contribution in [0.25, 0.3) is 22.1 Å². The van der Waals surface area contributed by atoms with Gasteiger partial charge in [0, 0.05) is 18.0 Å². The van der Waals surface area contributed by atoms with Crippen LogP contribution in [0.4, 0.5) is 4.39 Å². The van der Waals surface area contributed by atoms with Crippen molar-refractivity contribution in [3.8, 4) is 11.1 Å². The lowest BCUT2D eigenvalue weighted by atomic mass is 9.98. The number of fused-ring (bicyclic) bond motifs is 1. The number of carbonyl (C=O) groups excluding carboxylic acids is 2. The summed E-state index contributed by atoms with van der Waals surface area (Å²) in [4.78, 5) is 30.2. The number of nitrogens with two attached hydrogens (primary N) is 1. The van der Waals surface area contributed by atoms with E-state index in [1.807, 2.05) is 36.4 Å². The highest BCUT2D eigenvalue weighted by atomic mass is 35.5. The second kappa shape index (κ2) is 9.67. The molecule has 3 N–H and O–H groups in total. The molecule has 0 saturated heterocycles. The summed E-state index contributed by atoms with van der Waals surface area (Å²) in [6.45, 7) is 0. The Hall–Kier alpha value is -4.49. The molecule has 8 heteroatoms. The van der Waals surface area contributed by atoms with E-state index in [9.17, 15) is 14.0 Å². The van der Waals surface area contributed by atoms with Gasteiger partial charge in [0.2, 0.25) is 0 Å². The molecule has 0 atom stereocenters. The summed E-state index contributed by atoms with van der Waals surface area (Å²) in [6, 6.07) is 22.3. The Bertz CT molecular complexity index is 1730. The first-order valence-electron chi connectivity index (χ1n) is 12.5. The molecule has 0 radical (unpaired) electrons. The summed E-state index contributed by atoms with van der Waals surface area (Å²) in [6.07, 6.45) is 3.61. The lowest BCUT2D eigenvalue weighted by Crippen LogP contribution is -2.35. The number of nitrogens with zero attached hydrogens (tertiary/aromatic N) is 1. The van der Waals surface area contributed by atoms with Crippen molar-refractivity contribution >= 4 is 34.4 Å². The summed E-state index contributed by atoms with van der Waals surface area (Å²) in [5.74, 6) is -0.845. The molecule has 6 rings (SSSR count). The van der Waals surface area contributed by atoms with Crippen molar-refractivity contribution in [2.24, 2.45) is 5.73 Å².